The lowest BCUT2D eigenvalue weighted by Gasteiger charge is -2.21. The van der Waals surface area contributed by atoms with E-state index in [0.29, 0.717) is 0 Å². The molecule has 3 aliphatic carbocycles. The topological polar surface area (TPSA) is 29.1 Å². The standard InChI is InChI=1S/C16H18BrNO/c17-12-3-1-9(2-4-12)16(19)18-8-11-5-10-6-13(11)15-7-14(10)15/h1-4,10-11,13-15H,5-8H2,(H,18,19)/t10-,11-,13+,14+,15-/m0/s1. The van der Waals surface area contributed by atoms with Crippen molar-refractivity contribution in [1.82, 2.24) is 5.32 Å². The van der Waals surface area contributed by atoms with Gasteiger partial charge in [-0.3, -0.25) is 4.79 Å². The molecule has 1 aromatic rings. The Balaban J connectivity index is 1.35. The van der Waals surface area contributed by atoms with Crippen molar-refractivity contribution in [1.29, 1.82) is 0 Å². The average molecular weight is 320 g/mol. The quantitative estimate of drug-likeness (QED) is 0.908. The van der Waals surface area contributed by atoms with Gasteiger partial charge in [-0.1, -0.05) is 15.9 Å². The van der Waals surface area contributed by atoms with Crippen molar-refractivity contribution in [2.24, 2.45) is 29.6 Å². The molecule has 4 rings (SSSR count). The number of fused-ring (bicyclic) bond motifs is 5. The summed E-state index contributed by atoms with van der Waals surface area (Å²) in [6.45, 7) is 0.874. The predicted octanol–water partition coefficient (Wildman–Crippen LogP) is 3.47. The fourth-order valence-electron chi connectivity index (χ4n) is 4.51. The van der Waals surface area contributed by atoms with Crippen molar-refractivity contribution >= 4 is 21.8 Å². The summed E-state index contributed by atoms with van der Waals surface area (Å²) >= 11 is 3.39. The van der Waals surface area contributed by atoms with Crippen LogP contribution in [0.4, 0.5) is 0 Å². The van der Waals surface area contributed by atoms with Crippen LogP contribution in [0.15, 0.2) is 28.7 Å². The van der Waals surface area contributed by atoms with E-state index in [2.05, 4.69) is 21.2 Å². The summed E-state index contributed by atoms with van der Waals surface area (Å²) in [4.78, 5) is 12.1. The van der Waals surface area contributed by atoms with Gasteiger partial charge in [0.1, 0.15) is 0 Å². The van der Waals surface area contributed by atoms with Gasteiger partial charge in [0.25, 0.3) is 5.91 Å². The highest BCUT2D eigenvalue weighted by atomic mass is 79.9. The first-order valence-electron chi connectivity index (χ1n) is 7.26. The van der Waals surface area contributed by atoms with Gasteiger partial charge in [0.2, 0.25) is 0 Å². The van der Waals surface area contributed by atoms with E-state index in [1.807, 2.05) is 24.3 Å². The normalized spacial score (nSPS) is 38.1. The van der Waals surface area contributed by atoms with Gasteiger partial charge in [-0.15, -0.1) is 0 Å². The van der Waals surface area contributed by atoms with E-state index in [1.54, 1.807) is 0 Å². The first kappa shape index (κ1) is 12.0. The number of benzene rings is 1. The number of carbonyl (C=O) groups is 1. The number of amides is 1. The maximum absolute atomic E-state index is 12.1. The van der Waals surface area contributed by atoms with Crippen LogP contribution in [0.25, 0.3) is 0 Å². The van der Waals surface area contributed by atoms with E-state index in [9.17, 15) is 4.79 Å². The maximum atomic E-state index is 12.1. The Hall–Kier alpha value is -0.830. The van der Waals surface area contributed by atoms with Gasteiger partial charge >= 0.3 is 0 Å². The monoisotopic (exact) mass is 319 g/mol. The maximum Gasteiger partial charge on any atom is 0.251 e. The highest BCUT2D eigenvalue weighted by molar-refractivity contribution is 9.10. The molecule has 2 bridgehead atoms. The lowest BCUT2D eigenvalue weighted by Crippen LogP contribution is -2.32. The van der Waals surface area contributed by atoms with E-state index in [4.69, 9.17) is 0 Å². The van der Waals surface area contributed by atoms with E-state index in [1.165, 1.54) is 19.3 Å². The van der Waals surface area contributed by atoms with Crippen LogP contribution in [0.5, 0.6) is 0 Å². The molecule has 5 atom stereocenters. The SMILES string of the molecule is O=C(NC[C@@H]1C[C@H]2C[C@H]1[C@@H]1C[C@H]21)c1ccc(Br)cc1. The van der Waals surface area contributed by atoms with Gasteiger partial charge in [0.15, 0.2) is 0 Å². The summed E-state index contributed by atoms with van der Waals surface area (Å²) < 4.78 is 1.01. The molecule has 0 aromatic heterocycles. The highest BCUT2D eigenvalue weighted by Gasteiger charge is 2.60. The van der Waals surface area contributed by atoms with E-state index < -0.39 is 0 Å². The summed E-state index contributed by atoms with van der Waals surface area (Å²) in [6.07, 6.45) is 4.27. The molecule has 0 aliphatic heterocycles. The summed E-state index contributed by atoms with van der Waals surface area (Å²) in [6, 6.07) is 7.58. The van der Waals surface area contributed by atoms with E-state index in [-0.39, 0.29) is 5.91 Å². The van der Waals surface area contributed by atoms with Crippen molar-refractivity contribution < 1.29 is 4.79 Å². The van der Waals surface area contributed by atoms with Crippen LogP contribution in [0.1, 0.15) is 29.6 Å². The number of nitrogens with one attached hydrogen (secondary N) is 1. The van der Waals surface area contributed by atoms with E-state index in [0.717, 1.165) is 46.2 Å². The molecule has 19 heavy (non-hydrogen) atoms. The first-order valence-corrected chi connectivity index (χ1v) is 8.05. The lowest BCUT2D eigenvalue weighted by molar-refractivity contribution is 0.0941. The highest BCUT2D eigenvalue weighted by Crippen LogP contribution is 2.67. The first-order chi connectivity index (χ1) is 9.22. The molecule has 3 aliphatic rings. The molecule has 0 saturated heterocycles. The minimum Gasteiger partial charge on any atom is -0.352 e. The van der Waals surface area contributed by atoms with E-state index >= 15 is 0 Å². The Labute approximate surface area is 122 Å². The number of hydrogen-bond acceptors (Lipinski definition) is 1. The Morgan fingerprint density at radius 3 is 2.58 bits per heavy atom. The molecular weight excluding hydrogens is 302 g/mol. The van der Waals surface area contributed by atoms with Crippen LogP contribution in [0.3, 0.4) is 0 Å². The lowest BCUT2D eigenvalue weighted by atomic mass is 9.88. The summed E-state index contributed by atoms with van der Waals surface area (Å²) in [7, 11) is 0. The minimum absolute atomic E-state index is 0.0719. The Morgan fingerprint density at radius 1 is 1.11 bits per heavy atom. The zero-order valence-corrected chi connectivity index (χ0v) is 12.4. The number of carbonyl (C=O) groups excluding carboxylic acids is 1. The van der Waals surface area contributed by atoms with Crippen molar-refractivity contribution in [3.63, 3.8) is 0 Å². The molecule has 0 spiro atoms. The van der Waals surface area contributed by atoms with Crippen LogP contribution in [-0.4, -0.2) is 12.5 Å². The zero-order chi connectivity index (χ0) is 13.0. The van der Waals surface area contributed by atoms with Crippen molar-refractivity contribution in [3.8, 4) is 0 Å². The van der Waals surface area contributed by atoms with Gasteiger partial charge in [0.05, 0.1) is 0 Å². The second-order valence-electron chi connectivity index (χ2n) is 6.44. The fourth-order valence-corrected chi connectivity index (χ4v) is 4.77. The molecule has 3 heteroatoms. The van der Waals surface area contributed by atoms with Crippen LogP contribution < -0.4 is 5.32 Å². The molecule has 0 unspecified atom stereocenters. The fraction of sp³-hybridized carbons (Fsp3) is 0.562. The largest absolute Gasteiger partial charge is 0.352 e. The number of hydrogen-bond donors (Lipinski definition) is 1. The summed E-state index contributed by atoms with van der Waals surface area (Å²) in [5.41, 5.74) is 0.760. The van der Waals surface area contributed by atoms with Gasteiger partial charge in [0, 0.05) is 16.6 Å². The molecular formula is C16H18BrNO. The zero-order valence-electron chi connectivity index (χ0n) is 10.8. The third-order valence-corrected chi connectivity index (χ3v) is 5.99. The molecule has 1 amide bonds. The van der Waals surface area contributed by atoms with Gasteiger partial charge < -0.3 is 5.32 Å². The van der Waals surface area contributed by atoms with Crippen LogP contribution in [-0.2, 0) is 0 Å². The third kappa shape index (κ3) is 2.03. The number of rotatable bonds is 3. The Kier molecular flexibility index (Phi) is 2.73. The second kappa shape index (κ2) is 4.34. The molecule has 0 heterocycles. The van der Waals surface area contributed by atoms with Gasteiger partial charge in [-0.25, -0.2) is 0 Å². The molecule has 0 radical (unpaired) electrons. The molecule has 1 aromatic carbocycles. The van der Waals surface area contributed by atoms with Gasteiger partial charge in [-0.2, -0.15) is 0 Å². The van der Waals surface area contributed by atoms with Crippen LogP contribution in [0.2, 0.25) is 0 Å². The Bertz CT molecular complexity index is 512. The average Bonchev–Trinajstić information content (AvgIpc) is 3.03. The summed E-state index contributed by atoms with van der Waals surface area (Å²) in [5, 5.41) is 3.13. The Morgan fingerprint density at radius 2 is 1.89 bits per heavy atom. The smallest absolute Gasteiger partial charge is 0.251 e. The van der Waals surface area contributed by atoms with Crippen LogP contribution >= 0.6 is 15.9 Å². The van der Waals surface area contributed by atoms with Crippen LogP contribution in [0, 0.1) is 29.6 Å². The molecule has 1 N–H and O–H groups in total. The number of halogens is 1. The second-order valence-corrected chi connectivity index (χ2v) is 7.35. The van der Waals surface area contributed by atoms with Crippen molar-refractivity contribution in [2.75, 3.05) is 6.54 Å². The molecule has 3 saturated carbocycles. The van der Waals surface area contributed by atoms with Gasteiger partial charge in [-0.05, 0) is 73.1 Å². The minimum atomic E-state index is 0.0719. The summed E-state index contributed by atoms with van der Waals surface area (Å²) in [5.74, 6) is 4.82. The third-order valence-electron chi connectivity index (χ3n) is 5.46. The van der Waals surface area contributed by atoms with Crippen molar-refractivity contribution in [2.45, 2.75) is 19.3 Å². The molecule has 2 nitrogen and oxygen atoms in total. The molecule has 100 valence electrons. The molecule has 3 fully saturated rings. The van der Waals surface area contributed by atoms with Crippen molar-refractivity contribution in [3.05, 3.63) is 34.3 Å². The predicted molar refractivity (Wildman–Crippen MR) is 77.8 cm³/mol.